The van der Waals surface area contributed by atoms with Crippen LogP contribution in [0.25, 0.3) is 17.4 Å². The molecule has 1 heterocycles. The van der Waals surface area contributed by atoms with E-state index in [1.54, 1.807) is 24.3 Å². The van der Waals surface area contributed by atoms with Crippen LogP contribution >= 0.6 is 34.2 Å². The van der Waals surface area contributed by atoms with Crippen molar-refractivity contribution in [3.8, 4) is 17.4 Å². The summed E-state index contributed by atoms with van der Waals surface area (Å²) >= 11 is 8.25. The minimum absolute atomic E-state index is 0.135. The number of amides is 1. The molecular weight excluding hydrogens is 509 g/mol. The Labute approximate surface area is 183 Å². The molecule has 0 aliphatic carbocycles. The topological polar surface area (TPSA) is 109 Å². The molecule has 0 atom stereocenters. The number of nitro benzene ring substituents is 1. The van der Waals surface area contributed by atoms with Gasteiger partial charge in [0.1, 0.15) is 23.2 Å². The van der Waals surface area contributed by atoms with E-state index in [0.29, 0.717) is 17.0 Å². The first-order valence-corrected chi connectivity index (χ1v) is 9.56. The van der Waals surface area contributed by atoms with Crippen LogP contribution in [-0.4, -0.2) is 10.8 Å². The lowest BCUT2D eigenvalue weighted by atomic mass is 10.1. The lowest BCUT2D eigenvalue weighted by Gasteiger charge is -2.04. The number of benzene rings is 2. The highest BCUT2D eigenvalue weighted by Gasteiger charge is 2.15. The summed E-state index contributed by atoms with van der Waals surface area (Å²) in [5.41, 5.74) is 0.747. The number of hydrogen-bond donors (Lipinski definition) is 1. The van der Waals surface area contributed by atoms with Gasteiger partial charge >= 0.3 is 0 Å². The van der Waals surface area contributed by atoms with E-state index in [-0.39, 0.29) is 22.0 Å². The minimum atomic E-state index is -0.569. The number of nitrogens with one attached hydrogen (secondary N) is 1. The Kier molecular flexibility index (Phi) is 6.31. The van der Waals surface area contributed by atoms with Gasteiger partial charge in [-0.1, -0.05) is 11.6 Å². The summed E-state index contributed by atoms with van der Waals surface area (Å²) in [5.74, 6) is 0.0511. The summed E-state index contributed by atoms with van der Waals surface area (Å²) in [5, 5.41) is 22.9. The molecule has 29 heavy (non-hydrogen) atoms. The molecule has 1 amide bonds. The fraction of sp³-hybridized carbons (Fsp3) is 0. The maximum Gasteiger partial charge on any atom is 0.270 e. The maximum atomic E-state index is 12.3. The van der Waals surface area contributed by atoms with Gasteiger partial charge in [0, 0.05) is 33.0 Å². The van der Waals surface area contributed by atoms with Crippen LogP contribution < -0.4 is 5.32 Å². The first-order chi connectivity index (χ1) is 13.9. The maximum absolute atomic E-state index is 12.3. The van der Waals surface area contributed by atoms with Gasteiger partial charge in [0.25, 0.3) is 11.6 Å². The van der Waals surface area contributed by atoms with E-state index in [9.17, 15) is 20.2 Å². The van der Waals surface area contributed by atoms with E-state index in [0.717, 1.165) is 3.57 Å². The van der Waals surface area contributed by atoms with Gasteiger partial charge in [-0.05, 0) is 65.1 Å². The zero-order valence-electron chi connectivity index (χ0n) is 14.6. The van der Waals surface area contributed by atoms with Gasteiger partial charge in [-0.15, -0.1) is 0 Å². The van der Waals surface area contributed by atoms with Crippen molar-refractivity contribution in [3.63, 3.8) is 0 Å². The van der Waals surface area contributed by atoms with E-state index < -0.39 is 10.8 Å². The predicted molar refractivity (Wildman–Crippen MR) is 117 cm³/mol. The molecule has 3 aromatic rings. The Bertz CT molecular complexity index is 1160. The Balaban J connectivity index is 1.82. The van der Waals surface area contributed by atoms with E-state index in [2.05, 4.69) is 27.9 Å². The number of hydrogen-bond acceptors (Lipinski definition) is 5. The van der Waals surface area contributed by atoms with Crippen LogP contribution in [0.4, 0.5) is 11.4 Å². The molecule has 0 aliphatic rings. The normalized spacial score (nSPS) is 11.0. The number of nitro groups is 1. The summed E-state index contributed by atoms with van der Waals surface area (Å²) in [6, 6.07) is 16.2. The van der Waals surface area contributed by atoms with Gasteiger partial charge < -0.3 is 9.73 Å². The van der Waals surface area contributed by atoms with Gasteiger partial charge in [-0.25, -0.2) is 0 Å². The number of halogens is 2. The second kappa shape index (κ2) is 8.89. The molecule has 2 aromatic carbocycles. The first-order valence-electron chi connectivity index (χ1n) is 8.10. The Hall–Kier alpha value is -3.16. The second-order valence-corrected chi connectivity index (χ2v) is 7.41. The lowest BCUT2D eigenvalue weighted by Crippen LogP contribution is -2.13. The number of furan rings is 1. The molecule has 7 nitrogen and oxygen atoms in total. The fourth-order valence-electron chi connectivity index (χ4n) is 2.42. The summed E-state index contributed by atoms with van der Waals surface area (Å²) < 4.78 is 6.65. The SMILES string of the molecule is N#C/C(=C/c1ccc(-c2ccc([N+](=O)[O-])cc2Cl)o1)C(=O)Nc1ccc(I)cc1. The molecule has 1 N–H and O–H groups in total. The third kappa shape index (κ3) is 5.01. The standard InChI is InChI=1S/C20H11ClIN3O4/c21-18-10-15(25(27)28)5-7-17(18)19-8-6-16(29-19)9-12(11-23)20(26)24-14-3-1-13(22)2-4-14/h1-10H,(H,24,26)/b12-9-. The molecule has 0 radical (unpaired) electrons. The van der Waals surface area contributed by atoms with Crippen molar-refractivity contribution in [2.24, 2.45) is 0 Å². The van der Waals surface area contributed by atoms with Crippen molar-refractivity contribution in [3.05, 3.63) is 84.6 Å². The van der Waals surface area contributed by atoms with Gasteiger partial charge in [0.2, 0.25) is 0 Å². The molecule has 0 aliphatic heterocycles. The highest BCUT2D eigenvalue weighted by Crippen LogP contribution is 2.32. The van der Waals surface area contributed by atoms with Gasteiger partial charge in [-0.3, -0.25) is 14.9 Å². The Morgan fingerprint density at radius 2 is 1.93 bits per heavy atom. The van der Waals surface area contributed by atoms with Crippen LogP contribution in [0.2, 0.25) is 5.02 Å². The number of anilines is 1. The van der Waals surface area contributed by atoms with Crippen molar-refractivity contribution >= 4 is 57.5 Å². The average molecular weight is 520 g/mol. The average Bonchev–Trinajstić information content (AvgIpc) is 3.16. The molecule has 0 saturated heterocycles. The van der Waals surface area contributed by atoms with Crippen molar-refractivity contribution in [1.29, 1.82) is 5.26 Å². The molecule has 9 heteroatoms. The molecule has 0 bridgehead atoms. The molecule has 3 rings (SSSR count). The second-order valence-electron chi connectivity index (χ2n) is 5.75. The first kappa shape index (κ1) is 20.6. The smallest absolute Gasteiger partial charge is 0.270 e. The quantitative estimate of drug-likeness (QED) is 0.154. The van der Waals surface area contributed by atoms with Crippen LogP contribution in [0.5, 0.6) is 0 Å². The van der Waals surface area contributed by atoms with Gasteiger partial charge in [0.15, 0.2) is 0 Å². The Morgan fingerprint density at radius 1 is 1.21 bits per heavy atom. The molecule has 0 fully saturated rings. The van der Waals surface area contributed by atoms with Crippen molar-refractivity contribution < 1.29 is 14.1 Å². The zero-order valence-corrected chi connectivity index (χ0v) is 17.5. The largest absolute Gasteiger partial charge is 0.457 e. The van der Waals surface area contributed by atoms with Crippen LogP contribution in [0.3, 0.4) is 0 Å². The van der Waals surface area contributed by atoms with E-state index >= 15 is 0 Å². The molecule has 144 valence electrons. The Morgan fingerprint density at radius 3 is 2.55 bits per heavy atom. The van der Waals surface area contributed by atoms with Crippen molar-refractivity contribution in [1.82, 2.24) is 0 Å². The van der Waals surface area contributed by atoms with Gasteiger partial charge in [0.05, 0.1) is 9.95 Å². The zero-order chi connectivity index (χ0) is 21.0. The number of nitrogens with zero attached hydrogens (tertiary/aromatic N) is 2. The monoisotopic (exact) mass is 519 g/mol. The van der Waals surface area contributed by atoms with Crippen LogP contribution in [0.1, 0.15) is 5.76 Å². The summed E-state index contributed by atoms with van der Waals surface area (Å²) in [4.78, 5) is 22.6. The predicted octanol–water partition coefficient (Wildman–Crippen LogP) is 5.66. The number of carbonyl (C=O) groups excluding carboxylic acids is 1. The molecule has 0 saturated carbocycles. The lowest BCUT2D eigenvalue weighted by molar-refractivity contribution is -0.384. The van der Waals surface area contributed by atoms with Gasteiger partial charge in [-0.2, -0.15) is 5.26 Å². The molecule has 0 spiro atoms. The van der Waals surface area contributed by atoms with Crippen LogP contribution in [0.15, 0.2) is 64.6 Å². The highest BCUT2D eigenvalue weighted by atomic mass is 127. The number of nitriles is 1. The highest BCUT2D eigenvalue weighted by molar-refractivity contribution is 14.1. The summed E-state index contributed by atoms with van der Waals surface area (Å²) in [7, 11) is 0. The molecular formula is C20H11ClIN3O4. The van der Waals surface area contributed by atoms with E-state index in [1.807, 2.05) is 18.2 Å². The minimum Gasteiger partial charge on any atom is -0.457 e. The number of rotatable bonds is 5. The molecule has 0 unspecified atom stereocenters. The van der Waals surface area contributed by atoms with Crippen molar-refractivity contribution in [2.75, 3.05) is 5.32 Å². The summed E-state index contributed by atoms with van der Waals surface area (Å²) in [6.07, 6.45) is 1.31. The van der Waals surface area contributed by atoms with E-state index in [4.69, 9.17) is 16.0 Å². The van der Waals surface area contributed by atoms with Crippen LogP contribution in [0, 0.1) is 25.0 Å². The third-order valence-electron chi connectivity index (χ3n) is 3.81. The van der Waals surface area contributed by atoms with Crippen molar-refractivity contribution in [2.45, 2.75) is 0 Å². The third-order valence-corrected chi connectivity index (χ3v) is 4.84. The number of carbonyl (C=O) groups is 1. The molecule has 1 aromatic heterocycles. The van der Waals surface area contributed by atoms with E-state index in [1.165, 1.54) is 24.3 Å². The number of non-ortho nitro benzene ring substituents is 1. The summed E-state index contributed by atoms with van der Waals surface area (Å²) in [6.45, 7) is 0. The van der Waals surface area contributed by atoms with Crippen LogP contribution in [-0.2, 0) is 4.79 Å². The fourth-order valence-corrected chi connectivity index (χ4v) is 3.04.